The van der Waals surface area contributed by atoms with Crippen LogP contribution in [0.25, 0.3) is 0 Å². The molecule has 0 N–H and O–H groups in total. The van der Waals surface area contributed by atoms with E-state index >= 15 is 0 Å². The monoisotopic (exact) mass is 182 g/mol. The molecule has 1 nitrogen and oxygen atoms in total. The summed E-state index contributed by atoms with van der Waals surface area (Å²) < 4.78 is 0. The van der Waals surface area contributed by atoms with Crippen molar-refractivity contribution in [2.45, 2.75) is 58.5 Å². The first-order valence-electron chi connectivity index (χ1n) is 4.43. The fraction of sp³-hybridized carbons (Fsp3) is 1.00. The minimum absolute atomic E-state index is 0. The SMILES string of the molecule is CCCCCCCC(C)[O-].[K+]. The first kappa shape index (κ1) is 15.1. The van der Waals surface area contributed by atoms with Gasteiger partial charge in [-0.1, -0.05) is 52.4 Å². The van der Waals surface area contributed by atoms with Crippen LogP contribution in [0.2, 0.25) is 0 Å². The van der Waals surface area contributed by atoms with Crippen LogP contribution >= 0.6 is 0 Å². The van der Waals surface area contributed by atoms with Gasteiger partial charge in [0.15, 0.2) is 0 Å². The van der Waals surface area contributed by atoms with Gasteiger partial charge in [0.25, 0.3) is 0 Å². The van der Waals surface area contributed by atoms with Crippen LogP contribution in [0, 0.1) is 0 Å². The van der Waals surface area contributed by atoms with Crippen LogP contribution in [0.15, 0.2) is 0 Å². The molecule has 2 heteroatoms. The zero-order chi connectivity index (χ0) is 7.82. The van der Waals surface area contributed by atoms with Crippen LogP contribution < -0.4 is 56.5 Å². The van der Waals surface area contributed by atoms with Crippen molar-refractivity contribution in [3.8, 4) is 0 Å². The Labute approximate surface area is 113 Å². The molecule has 62 valence electrons. The van der Waals surface area contributed by atoms with Gasteiger partial charge in [0.1, 0.15) is 0 Å². The van der Waals surface area contributed by atoms with Crippen molar-refractivity contribution in [3.05, 3.63) is 0 Å². The minimum Gasteiger partial charge on any atom is -0.852 e. The maximum atomic E-state index is 10.6. The molecule has 0 aliphatic rings. The second kappa shape index (κ2) is 11.6. The molecule has 0 fully saturated rings. The second-order valence-electron chi connectivity index (χ2n) is 3.01. The Hall–Kier alpha value is 1.60. The van der Waals surface area contributed by atoms with Crippen LogP contribution in [0.5, 0.6) is 0 Å². The summed E-state index contributed by atoms with van der Waals surface area (Å²) in [7, 11) is 0. The molecule has 0 rings (SSSR count). The molecule has 0 aromatic rings. The first-order chi connectivity index (χ1) is 4.77. The van der Waals surface area contributed by atoms with Crippen molar-refractivity contribution >= 4 is 0 Å². The minimum atomic E-state index is -0.346. The zero-order valence-corrected chi connectivity index (χ0v) is 11.4. The standard InChI is InChI=1S/C9H19O.K/c1-3-4-5-6-7-8-9(2)10;/h9H,3-8H2,1-2H3;/q-1;+1. The molecular weight excluding hydrogens is 163 g/mol. The average Bonchev–Trinajstić information content (AvgIpc) is 1.87. The van der Waals surface area contributed by atoms with Crippen LogP contribution in [-0.2, 0) is 0 Å². The van der Waals surface area contributed by atoms with Gasteiger partial charge in [-0.3, -0.25) is 0 Å². The Kier molecular flexibility index (Phi) is 15.9. The summed E-state index contributed by atoms with van der Waals surface area (Å²) in [4.78, 5) is 0. The molecular formula is C9H19KO. The summed E-state index contributed by atoms with van der Waals surface area (Å²) in [5, 5.41) is 10.6. The first-order valence-corrected chi connectivity index (χ1v) is 4.43. The van der Waals surface area contributed by atoms with Gasteiger partial charge in [-0.2, -0.15) is 0 Å². The fourth-order valence-electron chi connectivity index (χ4n) is 1.04. The molecule has 1 unspecified atom stereocenters. The molecule has 11 heavy (non-hydrogen) atoms. The summed E-state index contributed by atoms with van der Waals surface area (Å²) in [6.45, 7) is 3.95. The number of unbranched alkanes of at least 4 members (excludes halogenated alkanes) is 4. The van der Waals surface area contributed by atoms with E-state index in [1.807, 2.05) is 0 Å². The molecule has 0 heterocycles. The Morgan fingerprint density at radius 3 is 2.09 bits per heavy atom. The maximum Gasteiger partial charge on any atom is 1.00 e. The quantitative estimate of drug-likeness (QED) is 0.386. The molecule has 0 aliphatic carbocycles. The Balaban J connectivity index is 0. The number of hydrogen-bond acceptors (Lipinski definition) is 1. The molecule has 0 aromatic heterocycles. The van der Waals surface area contributed by atoms with Crippen LogP contribution in [-0.4, -0.2) is 6.10 Å². The van der Waals surface area contributed by atoms with E-state index in [0.717, 1.165) is 12.8 Å². The summed E-state index contributed by atoms with van der Waals surface area (Å²) in [5.41, 5.74) is 0. The van der Waals surface area contributed by atoms with E-state index in [2.05, 4.69) is 6.92 Å². The normalized spacial score (nSPS) is 12.3. The Bertz CT molecular complexity index is 64.6. The van der Waals surface area contributed by atoms with Gasteiger partial charge in [0.2, 0.25) is 0 Å². The predicted octanol–water partition coefficient (Wildman–Crippen LogP) is -0.900. The van der Waals surface area contributed by atoms with E-state index in [4.69, 9.17) is 0 Å². The van der Waals surface area contributed by atoms with Gasteiger partial charge in [0, 0.05) is 0 Å². The van der Waals surface area contributed by atoms with E-state index in [9.17, 15) is 5.11 Å². The smallest absolute Gasteiger partial charge is 0.852 e. The zero-order valence-electron chi connectivity index (χ0n) is 8.23. The van der Waals surface area contributed by atoms with Gasteiger partial charge >= 0.3 is 51.4 Å². The van der Waals surface area contributed by atoms with Gasteiger partial charge in [0.05, 0.1) is 0 Å². The van der Waals surface area contributed by atoms with E-state index in [-0.39, 0.29) is 57.5 Å². The van der Waals surface area contributed by atoms with Crippen molar-refractivity contribution in [3.63, 3.8) is 0 Å². The third-order valence-corrected chi connectivity index (χ3v) is 1.71. The molecule has 0 aliphatic heterocycles. The molecule has 0 saturated heterocycles. The fourth-order valence-corrected chi connectivity index (χ4v) is 1.04. The van der Waals surface area contributed by atoms with E-state index in [1.165, 1.54) is 25.7 Å². The second-order valence-corrected chi connectivity index (χ2v) is 3.01. The molecule has 1 atom stereocenters. The number of hydrogen-bond donors (Lipinski definition) is 0. The summed E-state index contributed by atoms with van der Waals surface area (Å²) >= 11 is 0. The molecule has 0 saturated carbocycles. The summed E-state index contributed by atoms with van der Waals surface area (Å²) in [6, 6.07) is 0. The van der Waals surface area contributed by atoms with E-state index in [0.29, 0.717) is 0 Å². The molecule has 0 aromatic carbocycles. The van der Waals surface area contributed by atoms with Crippen molar-refractivity contribution in [1.29, 1.82) is 0 Å². The number of rotatable bonds is 6. The Morgan fingerprint density at radius 1 is 1.09 bits per heavy atom. The topological polar surface area (TPSA) is 23.1 Å². The van der Waals surface area contributed by atoms with Crippen LogP contribution in [0.4, 0.5) is 0 Å². The third kappa shape index (κ3) is 14.5. The molecule has 0 amide bonds. The van der Waals surface area contributed by atoms with E-state index < -0.39 is 0 Å². The van der Waals surface area contributed by atoms with Crippen LogP contribution in [0.3, 0.4) is 0 Å². The summed E-state index contributed by atoms with van der Waals surface area (Å²) in [6.07, 6.45) is 6.82. The van der Waals surface area contributed by atoms with Crippen LogP contribution in [0.1, 0.15) is 52.4 Å². The molecule has 0 radical (unpaired) electrons. The van der Waals surface area contributed by atoms with Crippen molar-refractivity contribution in [2.75, 3.05) is 0 Å². The van der Waals surface area contributed by atoms with Crippen molar-refractivity contribution < 1.29 is 56.5 Å². The van der Waals surface area contributed by atoms with Gasteiger partial charge in [-0.25, -0.2) is 0 Å². The van der Waals surface area contributed by atoms with Crippen molar-refractivity contribution in [1.82, 2.24) is 0 Å². The summed E-state index contributed by atoms with van der Waals surface area (Å²) in [5.74, 6) is 0. The Morgan fingerprint density at radius 2 is 1.64 bits per heavy atom. The van der Waals surface area contributed by atoms with Gasteiger partial charge in [-0.05, 0) is 0 Å². The maximum absolute atomic E-state index is 10.6. The van der Waals surface area contributed by atoms with Gasteiger partial charge < -0.3 is 5.11 Å². The van der Waals surface area contributed by atoms with E-state index in [1.54, 1.807) is 6.92 Å². The molecule has 0 spiro atoms. The molecule has 0 bridgehead atoms. The van der Waals surface area contributed by atoms with Gasteiger partial charge in [-0.15, -0.1) is 6.10 Å². The third-order valence-electron chi connectivity index (χ3n) is 1.71. The largest absolute Gasteiger partial charge is 1.00 e. The van der Waals surface area contributed by atoms with Crippen molar-refractivity contribution in [2.24, 2.45) is 0 Å². The average molecular weight is 182 g/mol. The predicted molar refractivity (Wildman–Crippen MR) is 42.8 cm³/mol.